The van der Waals surface area contributed by atoms with Crippen LogP contribution in [0.3, 0.4) is 0 Å². The molecule has 1 saturated carbocycles. The summed E-state index contributed by atoms with van der Waals surface area (Å²) in [5.74, 6) is 1.05. The predicted molar refractivity (Wildman–Crippen MR) is 82.2 cm³/mol. The SMILES string of the molecule is COCCN(Cc1ccoc1CNC1CC1)C(C)COC. The Hall–Kier alpha value is -0.880. The van der Waals surface area contributed by atoms with Crippen LogP contribution in [0.25, 0.3) is 0 Å². The van der Waals surface area contributed by atoms with Gasteiger partial charge >= 0.3 is 0 Å². The van der Waals surface area contributed by atoms with Crippen molar-refractivity contribution in [1.82, 2.24) is 10.2 Å². The van der Waals surface area contributed by atoms with Crippen molar-refractivity contribution in [1.29, 1.82) is 0 Å². The zero-order chi connectivity index (χ0) is 15.1. The highest BCUT2D eigenvalue weighted by atomic mass is 16.5. The van der Waals surface area contributed by atoms with Gasteiger partial charge in [-0.1, -0.05) is 0 Å². The zero-order valence-corrected chi connectivity index (χ0v) is 13.4. The molecule has 0 aliphatic heterocycles. The molecular weight excluding hydrogens is 268 g/mol. The number of ether oxygens (including phenoxy) is 2. The fourth-order valence-corrected chi connectivity index (χ4v) is 2.42. The number of rotatable bonds is 11. The highest BCUT2D eigenvalue weighted by molar-refractivity contribution is 5.17. The first-order valence-corrected chi connectivity index (χ1v) is 7.75. The topological polar surface area (TPSA) is 46.9 Å². The van der Waals surface area contributed by atoms with Gasteiger partial charge in [0.1, 0.15) is 5.76 Å². The van der Waals surface area contributed by atoms with Gasteiger partial charge in [0.05, 0.1) is 26.0 Å². The Balaban J connectivity index is 1.92. The Labute approximate surface area is 127 Å². The van der Waals surface area contributed by atoms with Crippen molar-refractivity contribution in [2.24, 2.45) is 0 Å². The second kappa shape index (κ2) is 8.54. The van der Waals surface area contributed by atoms with Crippen molar-refractivity contribution in [3.63, 3.8) is 0 Å². The van der Waals surface area contributed by atoms with Crippen LogP contribution >= 0.6 is 0 Å². The molecule has 1 atom stereocenters. The third-order valence-electron chi connectivity index (χ3n) is 3.95. The van der Waals surface area contributed by atoms with Crippen molar-refractivity contribution in [2.75, 3.05) is 34.0 Å². The summed E-state index contributed by atoms with van der Waals surface area (Å²) in [5.41, 5.74) is 1.25. The first-order chi connectivity index (χ1) is 10.2. The first-order valence-electron chi connectivity index (χ1n) is 7.75. The summed E-state index contributed by atoms with van der Waals surface area (Å²) in [7, 11) is 3.48. The van der Waals surface area contributed by atoms with E-state index < -0.39 is 0 Å². The van der Waals surface area contributed by atoms with E-state index in [0.717, 1.165) is 38.6 Å². The van der Waals surface area contributed by atoms with Crippen molar-refractivity contribution >= 4 is 0 Å². The van der Waals surface area contributed by atoms with Crippen LogP contribution in [0.5, 0.6) is 0 Å². The van der Waals surface area contributed by atoms with Crippen LogP contribution < -0.4 is 5.32 Å². The van der Waals surface area contributed by atoms with Crippen molar-refractivity contribution in [2.45, 2.75) is 44.9 Å². The molecule has 1 aromatic rings. The molecule has 21 heavy (non-hydrogen) atoms. The minimum absolute atomic E-state index is 0.351. The first kappa shape index (κ1) is 16.5. The molecule has 5 heteroatoms. The summed E-state index contributed by atoms with van der Waals surface area (Å²) in [6.45, 7) is 6.21. The predicted octanol–water partition coefficient (Wildman–Crippen LogP) is 2.01. The van der Waals surface area contributed by atoms with Crippen LogP contribution in [0.4, 0.5) is 0 Å². The van der Waals surface area contributed by atoms with E-state index in [9.17, 15) is 0 Å². The molecule has 0 bridgehead atoms. The summed E-state index contributed by atoms with van der Waals surface area (Å²) in [6.07, 6.45) is 4.37. The maximum atomic E-state index is 5.64. The molecule has 0 spiro atoms. The second-order valence-corrected chi connectivity index (χ2v) is 5.79. The largest absolute Gasteiger partial charge is 0.468 e. The molecule has 0 saturated heterocycles. The monoisotopic (exact) mass is 296 g/mol. The van der Waals surface area contributed by atoms with Crippen LogP contribution in [-0.2, 0) is 22.6 Å². The Morgan fingerprint density at radius 3 is 2.86 bits per heavy atom. The number of nitrogens with zero attached hydrogens (tertiary/aromatic N) is 1. The molecule has 0 amide bonds. The van der Waals surface area contributed by atoms with Crippen LogP contribution in [0.2, 0.25) is 0 Å². The van der Waals surface area contributed by atoms with Gasteiger partial charge in [-0.05, 0) is 25.8 Å². The Morgan fingerprint density at radius 1 is 1.38 bits per heavy atom. The zero-order valence-electron chi connectivity index (χ0n) is 13.4. The average molecular weight is 296 g/mol. The molecule has 120 valence electrons. The van der Waals surface area contributed by atoms with Gasteiger partial charge in [0.15, 0.2) is 0 Å². The minimum Gasteiger partial charge on any atom is -0.468 e. The van der Waals surface area contributed by atoms with Gasteiger partial charge in [-0.3, -0.25) is 4.90 Å². The number of furan rings is 1. The molecule has 1 unspecified atom stereocenters. The summed E-state index contributed by atoms with van der Waals surface area (Å²) < 4.78 is 16.1. The Morgan fingerprint density at radius 2 is 2.19 bits per heavy atom. The van der Waals surface area contributed by atoms with E-state index in [0.29, 0.717) is 12.1 Å². The van der Waals surface area contributed by atoms with Gasteiger partial charge < -0.3 is 19.2 Å². The van der Waals surface area contributed by atoms with Gasteiger partial charge in [-0.15, -0.1) is 0 Å². The lowest BCUT2D eigenvalue weighted by molar-refractivity contribution is 0.0701. The lowest BCUT2D eigenvalue weighted by Gasteiger charge is -2.28. The molecule has 1 aliphatic carbocycles. The van der Waals surface area contributed by atoms with Gasteiger partial charge in [0.2, 0.25) is 0 Å². The fourth-order valence-electron chi connectivity index (χ4n) is 2.42. The molecule has 1 N–H and O–H groups in total. The fraction of sp³-hybridized carbons (Fsp3) is 0.750. The Bertz CT molecular complexity index is 404. The van der Waals surface area contributed by atoms with E-state index >= 15 is 0 Å². The molecule has 2 rings (SSSR count). The Kier molecular flexibility index (Phi) is 6.70. The van der Waals surface area contributed by atoms with E-state index in [1.165, 1.54) is 18.4 Å². The van der Waals surface area contributed by atoms with Gasteiger partial charge in [0.25, 0.3) is 0 Å². The third kappa shape index (κ3) is 5.43. The molecular formula is C16H28N2O3. The molecule has 5 nitrogen and oxygen atoms in total. The van der Waals surface area contributed by atoms with Crippen molar-refractivity contribution < 1.29 is 13.9 Å². The lowest BCUT2D eigenvalue weighted by Crippen LogP contribution is -2.38. The molecule has 1 aliphatic rings. The molecule has 1 aromatic heterocycles. The second-order valence-electron chi connectivity index (χ2n) is 5.79. The van der Waals surface area contributed by atoms with Gasteiger partial charge in [0, 0.05) is 45.0 Å². The summed E-state index contributed by atoms with van der Waals surface area (Å²) >= 11 is 0. The van der Waals surface area contributed by atoms with Gasteiger partial charge in [-0.25, -0.2) is 0 Å². The normalized spacial score (nSPS) is 16.6. The van der Waals surface area contributed by atoms with Crippen molar-refractivity contribution in [3.8, 4) is 0 Å². The summed E-state index contributed by atoms with van der Waals surface area (Å²) in [6, 6.07) is 3.12. The third-order valence-corrected chi connectivity index (χ3v) is 3.95. The molecule has 0 radical (unpaired) electrons. The van der Waals surface area contributed by atoms with E-state index in [1.54, 1.807) is 20.5 Å². The maximum absolute atomic E-state index is 5.64. The number of nitrogens with one attached hydrogen (secondary N) is 1. The van der Waals surface area contributed by atoms with Crippen LogP contribution in [0.15, 0.2) is 16.7 Å². The van der Waals surface area contributed by atoms with Crippen LogP contribution in [0.1, 0.15) is 31.1 Å². The van der Waals surface area contributed by atoms with Crippen molar-refractivity contribution in [3.05, 3.63) is 23.7 Å². The number of hydrogen-bond donors (Lipinski definition) is 1. The molecule has 1 fully saturated rings. The standard InChI is InChI=1S/C16H28N2O3/c1-13(12-20-3)18(7-9-19-2)11-14-6-8-21-16(14)10-17-15-4-5-15/h6,8,13,15,17H,4-5,7,9-12H2,1-3H3. The summed E-state index contributed by atoms with van der Waals surface area (Å²) in [4.78, 5) is 2.37. The smallest absolute Gasteiger partial charge is 0.122 e. The average Bonchev–Trinajstić information content (AvgIpc) is 3.20. The number of hydrogen-bond acceptors (Lipinski definition) is 5. The maximum Gasteiger partial charge on any atom is 0.122 e. The van der Waals surface area contributed by atoms with Crippen LogP contribution in [-0.4, -0.2) is 51.0 Å². The number of methoxy groups -OCH3 is 2. The van der Waals surface area contributed by atoms with Gasteiger partial charge in [-0.2, -0.15) is 0 Å². The lowest BCUT2D eigenvalue weighted by atomic mass is 10.2. The highest BCUT2D eigenvalue weighted by Crippen LogP contribution is 2.21. The van der Waals surface area contributed by atoms with E-state index in [4.69, 9.17) is 13.9 Å². The summed E-state index contributed by atoms with van der Waals surface area (Å²) in [5, 5.41) is 3.51. The van der Waals surface area contributed by atoms with Crippen LogP contribution in [0, 0.1) is 0 Å². The highest BCUT2D eigenvalue weighted by Gasteiger charge is 2.22. The minimum atomic E-state index is 0.351. The van der Waals surface area contributed by atoms with E-state index in [-0.39, 0.29) is 0 Å². The quantitative estimate of drug-likeness (QED) is 0.677. The molecule has 1 heterocycles. The molecule has 0 aromatic carbocycles. The van der Waals surface area contributed by atoms with E-state index in [2.05, 4.69) is 23.2 Å². The van der Waals surface area contributed by atoms with E-state index in [1.807, 2.05) is 0 Å².